The fraction of sp³-hybridized carbons (Fsp3) is 0.562. The molecule has 3 rings (SSSR count). The lowest BCUT2D eigenvalue weighted by atomic mass is 9.57. The van der Waals surface area contributed by atoms with Crippen molar-refractivity contribution in [3.63, 3.8) is 0 Å². The Bertz CT molecular complexity index is 573. The minimum Gasteiger partial charge on any atom is -0.379 e. The van der Waals surface area contributed by atoms with Gasteiger partial charge in [0, 0.05) is 36.6 Å². The lowest BCUT2D eigenvalue weighted by Crippen LogP contribution is -2.63. The summed E-state index contributed by atoms with van der Waals surface area (Å²) in [6.45, 7) is 6.51. The summed E-state index contributed by atoms with van der Waals surface area (Å²) < 4.78 is 19.8. The van der Waals surface area contributed by atoms with Gasteiger partial charge in [-0.15, -0.1) is 0 Å². The second-order valence-corrected chi connectivity index (χ2v) is 6.56. The van der Waals surface area contributed by atoms with Gasteiger partial charge in [0.05, 0.1) is 11.8 Å². The zero-order valence-corrected chi connectivity index (χ0v) is 12.6. The SMILES string of the molecule is CC(=O)Nc1ccc(F)c(NC2C3CCOC3C2(C)C)c1. The topological polar surface area (TPSA) is 50.4 Å². The zero-order chi connectivity index (χ0) is 15.2. The molecule has 1 saturated heterocycles. The Kier molecular flexibility index (Phi) is 3.40. The van der Waals surface area contributed by atoms with Gasteiger partial charge in [-0.3, -0.25) is 4.79 Å². The molecule has 2 N–H and O–H groups in total. The van der Waals surface area contributed by atoms with Gasteiger partial charge in [-0.1, -0.05) is 13.8 Å². The van der Waals surface area contributed by atoms with E-state index >= 15 is 0 Å². The van der Waals surface area contributed by atoms with E-state index in [0.717, 1.165) is 13.0 Å². The maximum absolute atomic E-state index is 14.0. The number of benzene rings is 1. The Morgan fingerprint density at radius 3 is 2.90 bits per heavy atom. The number of halogens is 1. The van der Waals surface area contributed by atoms with Gasteiger partial charge in [0.2, 0.25) is 5.91 Å². The minimum absolute atomic E-state index is 0.0163. The average molecular weight is 292 g/mol. The van der Waals surface area contributed by atoms with Crippen LogP contribution in [0.25, 0.3) is 0 Å². The van der Waals surface area contributed by atoms with E-state index < -0.39 is 0 Å². The van der Waals surface area contributed by atoms with Crippen LogP contribution in [0, 0.1) is 17.2 Å². The first-order valence-corrected chi connectivity index (χ1v) is 7.35. The Balaban J connectivity index is 1.80. The maximum Gasteiger partial charge on any atom is 0.221 e. The smallest absolute Gasteiger partial charge is 0.221 e. The highest BCUT2D eigenvalue weighted by molar-refractivity contribution is 5.89. The van der Waals surface area contributed by atoms with Crippen LogP contribution in [-0.4, -0.2) is 24.7 Å². The summed E-state index contributed by atoms with van der Waals surface area (Å²) in [6, 6.07) is 4.78. The number of ether oxygens (including phenoxy) is 1. The molecule has 1 saturated carbocycles. The fourth-order valence-electron chi connectivity index (χ4n) is 3.70. The van der Waals surface area contributed by atoms with Crippen LogP contribution >= 0.6 is 0 Å². The van der Waals surface area contributed by atoms with E-state index in [1.807, 2.05) is 0 Å². The fourth-order valence-corrected chi connectivity index (χ4v) is 3.70. The van der Waals surface area contributed by atoms with Crippen LogP contribution in [0.1, 0.15) is 27.2 Å². The van der Waals surface area contributed by atoms with E-state index in [2.05, 4.69) is 24.5 Å². The Morgan fingerprint density at radius 2 is 2.19 bits per heavy atom. The number of carbonyl (C=O) groups excluding carboxylic acids is 1. The summed E-state index contributed by atoms with van der Waals surface area (Å²) in [5.41, 5.74) is 1.02. The lowest BCUT2D eigenvalue weighted by molar-refractivity contribution is -0.114. The van der Waals surface area contributed by atoms with Crippen molar-refractivity contribution in [3.05, 3.63) is 24.0 Å². The van der Waals surface area contributed by atoms with Gasteiger partial charge in [-0.25, -0.2) is 4.39 Å². The van der Waals surface area contributed by atoms with Gasteiger partial charge in [0.15, 0.2) is 0 Å². The number of fused-ring (bicyclic) bond motifs is 1. The molecule has 0 bridgehead atoms. The van der Waals surface area contributed by atoms with Crippen LogP contribution < -0.4 is 10.6 Å². The van der Waals surface area contributed by atoms with Crippen LogP contribution in [-0.2, 0) is 9.53 Å². The van der Waals surface area contributed by atoms with Gasteiger partial charge in [-0.2, -0.15) is 0 Å². The lowest BCUT2D eigenvalue weighted by Gasteiger charge is -2.55. The highest BCUT2D eigenvalue weighted by Crippen LogP contribution is 2.53. The summed E-state index contributed by atoms with van der Waals surface area (Å²) >= 11 is 0. The second-order valence-electron chi connectivity index (χ2n) is 6.56. The van der Waals surface area contributed by atoms with Crippen molar-refractivity contribution in [2.24, 2.45) is 11.3 Å². The molecule has 2 fully saturated rings. The van der Waals surface area contributed by atoms with Gasteiger partial charge in [-0.05, 0) is 24.6 Å². The number of carbonyl (C=O) groups is 1. The van der Waals surface area contributed by atoms with Gasteiger partial charge < -0.3 is 15.4 Å². The molecule has 3 unspecified atom stereocenters. The Hall–Kier alpha value is -1.62. The van der Waals surface area contributed by atoms with Gasteiger partial charge in [0.1, 0.15) is 5.82 Å². The summed E-state index contributed by atoms with van der Waals surface area (Å²) in [4.78, 5) is 11.1. The van der Waals surface area contributed by atoms with Crippen molar-refractivity contribution in [2.45, 2.75) is 39.3 Å². The summed E-state index contributed by atoms with van der Waals surface area (Å²) in [5.74, 6) is -0.0353. The molecule has 1 aliphatic carbocycles. The van der Waals surface area contributed by atoms with Crippen LogP contribution in [0.2, 0.25) is 0 Å². The van der Waals surface area contributed by atoms with Crippen molar-refractivity contribution < 1.29 is 13.9 Å². The molecule has 2 aliphatic rings. The first kappa shape index (κ1) is 14.3. The molecule has 3 atom stereocenters. The minimum atomic E-state index is -0.303. The highest BCUT2D eigenvalue weighted by atomic mass is 19.1. The third-order valence-electron chi connectivity index (χ3n) is 4.70. The Labute approximate surface area is 124 Å². The summed E-state index contributed by atoms with van der Waals surface area (Å²) in [6.07, 6.45) is 1.27. The van der Waals surface area contributed by atoms with Crippen LogP contribution in [0.4, 0.5) is 15.8 Å². The van der Waals surface area contributed by atoms with E-state index in [1.54, 1.807) is 12.1 Å². The summed E-state index contributed by atoms with van der Waals surface area (Å²) in [7, 11) is 0. The molecule has 1 heterocycles. The largest absolute Gasteiger partial charge is 0.379 e. The van der Waals surface area contributed by atoms with Crippen LogP contribution in [0.15, 0.2) is 18.2 Å². The number of amides is 1. The van der Waals surface area contributed by atoms with E-state index in [0.29, 0.717) is 17.3 Å². The molecule has 4 nitrogen and oxygen atoms in total. The normalized spacial score (nSPS) is 29.4. The quantitative estimate of drug-likeness (QED) is 0.900. The molecule has 1 aliphatic heterocycles. The molecule has 0 aromatic heterocycles. The predicted octanol–water partition coefficient (Wildman–Crippen LogP) is 3.01. The van der Waals surface area contributed by atoms with Crippen molar-refractivity contribution >= 4 is 17.3 Å². The molecular weight excluding hydrogens is 271 g/mol. The molecule has 1 aromatic rings. The molecule has 114 valence electrons. The highest BCUT2D eigenvalue weighted by Gasteiger charge is 2.59. The third kappa shape index (κ3) is 2.39. The van der Waals surface area contributed by atoms with Crippen molar-refractivity contribution in [1.29, 1.82) is 0 Å². The van der Waals surface area contributed by atoms with E-state index in [1.165, 1.54) is 13.0 Å². The first-order chi connectivity index (χ1) is 9.89. The number of nitrogens with one attached hydrogen (secondary N) is 2. The number of anilines is 2. The monoisotopic (exact) mass is 292 g/mol. The molecule has 0 spiro atoms. The van der Waals surface area contributed by atoms with Crippen LogP contribution in [0.3, 0.4) is 0 Å². The second kappa shape index (κ2) is 4.98. The van der Waals surface area contributed by atoms with Gasteiger partial charge >= 0.3 is 0 Å². The van der Waals surface area contributed by atoms with Crippen molar-refractivity contribution in [3.8, 4) is 0 Å². The third-order valence-corrected chi connectivity index (χ3v) is 4.70. The van der Waals surface area contributed by atoms with E-state index in [4.69, 9.17) is 4.74 Å². The average Bonchev–Trinajstić information content (AvgIpc) is 2.85. The van der Waals surface area contributed by atoms with Crippen LogP contribution in [0.5, 0.6) is 0 Å². The zero-order valence-electron chi connectivity index (χ0n) is 12.6. The number of hydrogen-bond donors (Lipinski definition) is 2. The van der Waals surface area contributed by atoms with E-state index in [9.17, 15) is 9.18 Å². The molecule has 5 heteroatoms. The maximum atomic E-state index is 14.0. The molecular formula is C16H21FN2O2. The Morgan fingerprint density at radius 1 is 1.43 bits per heavy atom. The standard InChI is InChI=1S/C16H21FN2O2/c1-9(20)18-10-4-5-12(17)13(8-10)19-14-11-6-7-21-15(11)16(14,2)3/h4-5,8,11,14-15,19H,6-7H2,1-3H3,(H,18,20). The van der Waals surface area contributed by atoms with Crippen molar-refractivity contribution in [1.82, 2.24) is 0 Å². The summed E-state index contributed by atoms with van der Waals surface area (Å²) in [5, 5.41) is 5.99. The predicted molar refractivity (Wildman–Crippen MR) is 79.7 cm³/mol. The number of hydrogen-bond acceptors (Lipinski definition) is 3. The molecule has 21 heavy (non-hydrogen) atoms. The van der Waals surface area contributed by atoms with Gasteiger partial charge in [0.25, 0.3) is 0 Å². The molecule has 1 aromatic carbocycles. The molecule has 0 radical (unpaired) electrons. The van der Waals surface area contributed by atoms with Crippen molar-refractivity contribution in [2.75, 3.05) is 17.2 Å². The first-order valence-electron chi connectivity index (χ1n) is 7.35. The molecule has 1 amide bonds. The van der Waals surface area contributed by atoms with E-state index in [-0.39, 0.29) is 29.3 Å². The number of rotatable bonds is 3.